The molecule has 96 valence electrons. The van der Waals surface area contributed by atoms with Crippen LogP contribution in [0.2, 0.25) is 0 Å². The van der Waals surface area contributed by atoms with E-state index in [1.54, 1.807) is 0 Å². The van der Waals surface area contributed by atoms with E-state index in [9.17, 15) is 9.90 Å². The minimum atomic E-state index is -0.632. The number of benzene rings is 1. The van der Waals surface area contributed by atoms with Gasteiger partial charge in [-0.3, -0.25) is 4.79 Å². The summed E-state index contributed by atoms with van der Waals surface area (Å²) >= 11 is 0. The maximum Gasteiger partial charge on any atom is 0.228 e. The Morgan fingerprint density at radius 2 is 2.06 bits per heavy atom. The van der Waals surface area contributed by atoms with E-state index in [1.807, 2.05) is 18.2 Å². The van der Waals surface area contributed by atoms with E-state index in [0.29, 0.717) is 12.3 Å². The smallest absolute Gasteiger partial charge is 0.228 e. The van der Waals surface area contributed by atoms with Crippen LogP contribution in [0.4, 0.5) is 0 Å². The fourth-order valence-corrected chi connectivity index (χ4v) is 3.94. The number of carbonyl (C=O) groups excluding carboxylic acids is 1. The van der Waals surface area contributed by atoms with Gasteiger partial charge in [0.2, 0.25) is 5.91 Å². The average Bonchev–Trinajstić information content (AvgIpc) is 2.38. The fourth-order valence-electron chi connectivity index (χ4n) is 3.94. The summed E-state index contributed by atoms with van der Waals surface area (Å²) in [4.78, 5) is 12.1. The molecular weight excluding hydrogens is 226 g/mol. The summed E-state index contributed by atoms with van der Waals surface area (Å²) in [6, 6.07) is 8.07. The quantitative estimate of drug-likeness (QED) is 0.788. The Morgan fingerprint density at radius 3 is 2.83 bits per heavy atom. The summed E-state index contributed by atoms with van der Waals surface area (Å²) in [5.41, 5.74) is 7.39. The molecule has 2 aliphatic carbocycles. The van der Waals surface area contributed by atoms with Crippen molar-refractivity contribution in [1.29, 1.82) is 0 Å². The number of amides is 1. The van der Waals surface area contributed by atoms with Crippen LogP contribution in [0.5, 0.6) is 0 Å². The van der Waals surface area contributed by atoms with Crippen molar-refractivity contribution >= 4 is 5.91 Å². The monoisotopic (exact) mass is 245 g/mol. The molecule has 3 nitrogen and oxygen atoms in total. The van der Waals surface area contributed by atoms with Gasteiger partial charge in [-0.1, -0.05) is 24.3 Å². The Bertz CT molecular complexity index is 485. The molecule has 2 aliphatic rings. The van der Waals surface area contributed by atoms with Gasteiger partial charge in [0, 0.05) is 0 Å². The van der Waals surface area contributed by atoms with E-state index >= 15 is 0 Å². The summed E-state index contributed by atoms with van der Waals surface area (Å²) in [7, 11) is 0. The molecule has 1 amide bonds. The van der Waals surface area contributed by atoms with Crippen molar-refractivity contribution in [1.82, 2.24) is 0 Å². The molecule has 1 fully saturated rings. The van der Waals surface area contributed by atoms with Crippen molar-refractivity contribution < 1.29 is 9.90 Å². The van der Waals surface area contributed by atoms with Crippen LogP contribution in [0.15, 0.2) is 24.3 Å². The molecule has 18 heavy (non-hydrogen) atoms. The zero-order chi connectivity index (χ0) is 12.8. The lowest BCUT2D eigenvalue weighted by Gasteiger charge is -2.47. The molecule has 0 bridgehead atoms. The lowest BCUT2D eigenvalue weighted by molar-refractivity contribution is -0.130. The number of fused-ring (bicyclic) bond motifs is 3. The third-order valence-corrected chi connectivity index (χ3v) is 4.80. The summed E-state index contributed by atoms with van der Waals surface area (Å²) in [5.74, 6) is 0.0340. The average molecular weight is 245 g/mol. The summed E-state index contributed by atoms with van der Waals surface area (Å²) in [6.45, 7) is 0. The number of carbonyl (C=O) groups is 1. The Labute approximate surface area is 107 Å². The number of rotatable bonds is 1. The minimum absolute atomic E-state index is 0.265. The van der Waals surface area contributed by atoms with Crippen molar-refractivity contribution in [2.75, 3.05) is 0 Å². The second-order valence-corrected chi connectivity index (χ2v) is 5.66. The highest BCUT2D eigenvalue weighted by atomic mass is 16.3. The van der Waals surface area contributed by atoms with E-state index in [4.69, 9.17) is 5.73 Å². The molecule has 0 aliphatic heterocycles. The maximum atomic E-state index is 12.1. The Kier molecular flexibility index (Phi) is 2.67. The van der Waals surface area contributed by atoms with Gasteiger partial charge < -0.3 is 10.8 Å². The predicted molar refractivity (Wildman–Crippen MR) is 69.0 cm³/mol. The van der Waals surface area contributed by atoms with E-state index in [2.05, 4.69) is 6.07 Å². The van der Waals surface area contributed by atoms with Crippen LogP contribution in [0.1, 0.15) is 36.8 Å². The van der Waals surface area contributed by atoms with Crippen LogP contribution in [0.3, 0.4) is 0 Å². The lowest BCUT2D eigenvalue weighted by atomic mass is 9.56. The number of aryl methyl sites for hydroxylation is 1. The third-order valence-electron chi connectivity index (χ3n) is 4.80. The Morgan fingerprint density at radius 1 is 1.28 bits per heavy atom. The molecule has 3 unspecified atom stereocenters. The number of nitrogens with two attached hydrogens (primary N) is 1. The van der Waals surface area contributed by atoms with Crippen LogP contribution < -0.4 is 5.73 Å². The molecule has 0 aromatic heterocycles. The number of hydrogen-bond acceptors (Lipinski definition) is 2. The first-order valence-electron chi connectivity index (χ1n) is 6.71. The molecular formula is C15H19NO2. The van der Waals surface area contributed by atoms with Gasteiger partial charge in [0.25, 0.3) is 0 Å². The van der Waals surface area contributed by atoms with Gasteiger partial charge in [-0.25, -0.2) is 0 Å². The van der Waals surface area contributed by atoms with Gasteiger partial charge in [0.1, 0.15) is 0 Å². The molecule has 0 heterocycles. The molecule has 0 saturated heterocycles. The highest BCUT2D eigenvalue weighted by Crippen LogP contribution is 2.49. The van der Waals surface area contributed by atoms with E-state index < -0.39 is 11.5 Å². The van der Waals surface area contributed by atoms with Crippen LogP contribution >= 0.6 is 0 Å². The Hall–Kier alpha value is -1.35. The van der Waals surface area contributed by atoms with Gasteiger partial charge in [0.05, 0.1) is 11.5 Å². The van der Waals surface area contributed by atoms with Crippen molar-refractivity contribution in [2.45, 2.75) is 43.6 Å². The van der Waals surface area contributed by atoms with Crippen molar-refractivity contribution in [3.8, 4) is 0 Å². The molecule has 1 aromatic rings. The summed E-state index contributed by atoms with van der Waals surface area (Å²) < 4.78 is 0. The van der Waals surface area contributed by atoms with E-state index in [1.165, 1.54) is 5.56 Å². The SMILES string of the molecule is NC(=O)C12CC(O)CCC1CCc1ccccc12. The molecule has 0 spiro atoms. The molecule has 3 rings (SSSR count). The molecule has 3 atom stereocenters. The first-order chi connectivity index (χ1) is 8.64. The minimum Gasteiger partial charge on any atom is -0.393 e. The largest absolute Gasteiger partial charge is 0.393 e. The fraction of sp³-hybridized carbons (Fsp3) is 0.533. The first-order valence-corrected chi connectivity index (χ1v) is 6.71. The standard InChI is InChI=1S/C15H19NO2/c16-14(18)15-9-12(17)8-7-11(15)6-5-10-3-1-2-4-13(10)15/h1-4,11-12,17H,5-9H2,(H2,16,18). The lowest BCUT2D eigenvalue weighted by Crippen LogP contribution is -2.54. The predicted octanol–water partition coefficient (Wildman–Crippen LogP) is 1.52. The van der Waals surface area contributed by atoms with Crippen molar-refractivity contribution in [3.05, 3.63) is 35.4 Å². The molecule has 3 N–H and O–H groups in total. The van der Waals surface area contributed by atoms with Crippen molar-refractivity contribution in [3.63, 3.8) is 0 Å². The van der Waals surface area contributed by atoms with E-state index in [0.717, 1.165) is 31.2 Å². The second-order valence-electron chi connectivity index (χ2n) is 5.66. The highest BCUT2D eigenvalue weighted by Gasteiger charge is 2.51. The zero-order valence-corrected chi connectivity index (χ0v) is 10.4. The van der Waals surface area contributed by atoms with Crippen LogP contribution in [0, 0.1) is 5.92 Å². The van der Waals surface area contributed by atoms with Gasteiger partial charge in [-0.15, -0.1) is 0 Å². The van der Waals surface area contributed by atoms with Crippen LogP contribution in [0.25, 0.3) is 0 Å². The molecule has 0 radical (unpaired) electrons. The summed E-state index contributed by atoms with van der Waals surface area (Å²) in [6.07, 6.45) is 3.81. The number of hydrogen-bond donors (Lipinski definition) is 2. The topological polar surface area (TPSA) is 63.3 Å². The third kappa shape index (κ3) is 1.50. The number of aliphatic hydroxyl groups is 1. The maximum absolute atomic E-state index is 12.1. The zero-order valence-electron chi connectivity index (χ0n) is 10.4. The first kappa shape index (κ1) is 11.7. The molecule has 1 saturated carbocycles. The summed E-state index contributed by atoms with van der Waals surface area (Å²) in [5, 5.41) is 9.98. The second kappa shape index (κ2) is 4.09. The van der Waals surface area contributed by atoms with Gasteiger partial charge in [-0.05, 0) is 49.1 Å². The molecule has 1 aromatic carbocycles. The molecule has 3 heteroatoms. The Balaban J connectivity index is 2.17. The van der Waals surface area contributed by atoms with Gasteiger partial charge >= 0.3 is 0 Å². The van der Waals surface area contributed by atoms with Gasteiger partial charge in [0.15, 0.2) is 0 Å². The van der Waals surface area contributed by atoms with Gasteiger partial charge in [-0.2, -0.15) is 0 Å². The van der Waals surface area contributed by atoms with Crippen LogP contribution in [-0.4, -0.2) is 17.1 Å². The normalized spacial score (nSPS) is 34.5. The number of aliphatic hydroxyl groups excluding tert-OH is 1. The highest BCUT2D eigenvalue weighted by molar-refractivity contribution is 5.88. The van der Waals surface area contributed by atoms with Crippen molar-refractivity contribution in [2.24, 2.45) is 11.7 Å². The van der Waals surface area contributed by atoms with E-state index in [-0.39, 0.29) is 5.91 Å². The van der Waals surface area contributed by atoms with Crippen LogP contribution in [-0.2, 0) is 16.6 Å². The number of primary amides is 1.